The largest absolute Gasteiger partial charge is 0.481 e. The molecule has 2 aromatic rings. The highest BCUT2D eigenvalue weighted by molar-refractivity contribution is 7.99. The van der Waals surface area contributed by atoms with Gasteiger partial charge < -0.3 is 5.11 Å². The van der Waals surface area contributed by atoms with Crippen molar-refractivity contribution in [3.05, 3.63) is 30.3 Å². The van der Waals surface area contributed by atoms with Gasteiger partial charge in [0.1, 0.15) is 0 Å². The Hall–Kier alpha value is -1.89. The van der Waals surface area contributed by atoms with E-state index in [4.69, 9.17) is 5.11 Å². The molecule has 0 amide bonds. The third-order valence-corrected chi connectivity index (χ3v) is 3.21. The molecule has 1 N–H and O–H groups in total. The van der Waals surface area contributed by atoms with Crippen LogP contribution >= 0.6 is 11.8 Å². The maximum Gasteiger partial charge on any atom is 0.303 e. The fraction of sp³-hybridized carbons (Fsp3) is 0.273. The van der Waals surface area contributed by atoms with Gasteiger partial charge in [0.05, 0.1) is 5.69 Å². The van der Waals surface area contributed by atoms with Gasteiger partial charge in [-0.15, -0.1) is 5.10 Å². The first-order chi connectivity index (χ1) is 8.77. The fourth-order valence-electron chi connectivity index (χ4n) is 1.39. The summed E-state index contributed by atoms with van der Waals surface area (Å²) in [5.74, 6) is -0.0993. The molecule has 0 bridgehead atoms. The summed E-state index contributed by atoms with van der Waals surface area (Å²) >= 11 is 1.45. The zero-order chi connectivity index (χ0) is 12.8. The predicted octanol–water partition coefficient (Wildman–Crippen LogP) is 1.62. The highest BCUT2D eigenvalue weighted by Crippen LogP contribution is 2.18. The van der Waals surface area contributed by atoms with Crippen molar-refractivity contribution in [1.29, 1.82) is 0 Å². The summed E-state index contributed by atoms with van der Waals surface area (Å²) in [5, 5.41) is 20.7. The molecule has 0 saturated heterocycles. The van der Waals surface area contributed by atoms with E-state index in [2.05, 4.69) is 15.5 Å². The quantitative estimate of drug-likeness (QED) is 0.630. The number of nitrogens with zero attached hydrogens (tertiary/aromatic N) is 4. The molecule has 94 valence electrons. The van der Waals surface area contributed by atoms with Gasteiger partial charge >= 0.3 is 5.97 Å². The van der Waals surface area contributed by atoms with Gasteiger partial charge in [-0.25, -0.2) is 0 Å². The second kappa shape index (κ2) is 6.15. The number of carboxylic acids is 1. The third-order valence-electron chi connectivity index (χ3n) is 2.21. The number of aliphatic carboxylic acids is 1. The van der Waals surface area contributed by atoms with Crippen molar-refractivity contribution in [1.82, 2.24) is 20.2 Å². The van der Waals surface area contributed by atoms with Gasteiger partial charge in [0.2, 0.25) is 5.16 Å². The molecule has 1 aromatic heterocycles. The van der Waals surface area contributed by atoms with Gasteiger partial charge in [0.25, 0.3) is 0 Å². The molecule has 0 saturated carbocycles. The minimum atomic E-state index is -0.779. The van der Waals surface area contributed by atoms with Crippen LogP contribution in [0.5, 0.6) is 0 Å². The van der Waals surface area contributed by atoms with E-state index in [1.165, 1.54) is 11.8 Å². The highest BCUT2D eigenvalue weighted by atomic mass is 32.2. The molecule has 7 heteroatoms. The maximum absolute atomic E-state index is 10.4. The number of para-hydroxylation sites is 1. The topological polar surface area (TPSA) is 80.9 Å². The van der Waals surface area contributed by atoms with E-state index < -0.39 is 5.97 Å². The van der Waals surface area contributed by atoms with Crippen LogP contribution in [-0.2, 0) is 4.79 Å². The molecule has 0 aliphatic heterocycles. The highest BCUT2D eigenvalue weighted by Gasteiger charge is 2.08. The van der Waals surface area contributed by atoms with E-state index in [1.807, 2.05) is 30.3 Å². The normalized spacial score (nSPS) is 10.4. The molecular formula is C11H12N4O2S. The number of hydrogen-bond acceptors (Lipinski definition) is 5. The van der Waals surface area contributed by atoms with E-state index in [0.29, 0.717) is 17.3 Å². The van der Waals surface area contributed by atoms with Gasteiger partial charge in [0.15, 0.2) is 0 Å². The SMILES string of the molecule is O=C(O)CCCSc1nnnn1-c1ccccc1. The Morgan fingerprint density at radius 2 is 2.11 bits per heavy atom. The Kier molecular flexibility index (Phi) is 4.30. The standard InChI is InChI=1S/C11H12N4O2S/c16-10(17)7-4-8-18-11-12-13-14-15(11)9-5-2-1-3-6-9/h1-3,5-6H,4,7-8H2,(H,16,17). The Balaban J connectivity index is 1.98. The molecule has 0 aliphatic carbocycles. The molecule has 1 heterocycles. The molecule has 0 unspecified atom stereocenters. The van der Waals surface area contributed by atoms with Crippen LogP contribution in [0.3, 0.4) is 0 Å². The van der Waals surface area contributed by atoms with Crippen molar-refractivity contribution >= 4 is 17.7 Å². The van der Waals surface area contributed by atoms with Crippen molar-refractivity contribution in [2.75, 3.05) is 5.75 Å². The third kappa shape index (κ3) is 3.30. The van der Waals surface area contributed by atoms with E-state index in [1.54, 1.807) is 4.68 Å². The number of benzene rings is 1. The summed E-state index contributed by atoms with van der Waals surface area (Å²) in [6, 6.07) is 9.58. The van der Waals surface area contributed by atoms with E-state index in [0.717, 1.165) is 5.69 Å². The van der Waals surface area contributed by atoms with Crippen LogP contribution in [0.4, 0.5) is 0 Å². The Bertz CT molecular complexity index is 515. The van der Waals surface area contributed by atoms with Crippen molar-refractivity contribution in [3.63, 3.8) is 0 Å². The summed E-state index contributed by atoms with van der Waals surface area (Å²) in [7, 11) is 0. The molecule has 18 heavy (non-hydrogen) atoms. The average Bonchev–Trinajstić information content (AvgIpc) is 2.84. The number of rotatable bonds is 6. The molecule has 2 rings (SSSR count). The first-order valence-electron chi connectivity index (χ1n) is 5.46. The molecule has 6 nitrogen and oxygen atoms in total. The predicted molar refractivity (Wildman–Crippen MR) is 66.7 cm³/mol. The van der Waals surface area contributed by atoms with Gasteiger partial charge in [-0.2, -0.15) is 4.68 Å². The summed E-state index contributed by atoms with van der Waals surface area (Å²) in [6.45, 7) is 0. The number of carbonyl (C=O) groups is 1. The first kappa shape index (κ1) is 12.6. The zero-order valence-corrected chi connectivity index (χ0v) is 10.4. The van der Waals surface area contributed by atoms with Gasteiger partial charge in [-0.05, 0) is 29.0 Å². The molecule has 0 spiro atoms. The number of thioether (sulfide) groups is 1. The lowest BCUT2D eigenvalue weighted by Gasteiger charge is -2.03. The number of carboxylic acid groups (broad SMARTS) is 1. The second-order valence-corrected chi connectivity index (χ2v) is 4.62. The number of aromatic nitrogens is 4. The van der Waals surface area contributed by atoms with Crippen LogP contribution < -0.4 is 0 Å². The summed E-state index contributed by atoms with van der Waals surface area (Å²) in [5.41, 5.74) is 0.892. The van der Waals surface area contributed by atoms with Crippen LogP contribution in [0.1, 0.15) is 12.8 Å². The Labute approximate surface area is 108 Å². The summed E-state index contributed by atoms with van der Waals surface area (Å²) in [4.78, 5) is 10.4. The van der Waals surface area contributed by atoms with E-state index in [9.17, 15) is 4.79 Å². The van der Waals surface area contributed by atoms with Crippen LogP contribution in [0.15, 0.2) is 35.5 Å². The van der Waals surface area contributed by atoms with Crippen LogP contribution in [0, 0.1) is 0 Å². The number of tetrazole rings is 1. The van der Waals surface area contributed by atoms with Crippen molar-refractivity contribution in [3.8, 4) is 5.69 Å². The van der Waals surface area contributed by atoms with Crippen molar-refractivity contribution in [2.45, 2.75) is 18.0 Å². The Morgan fingerprint density at radius 1 is 1.33 bits per heavy atom. The molecule has 0 radical (unpaired) electrons. The minimum Gasteiger partial charge on any atom is -0.481 e. The van der Waals surface area contributed by atoms with Gasteiger partial charge in [0, 0.05) is 12.2 Å². The lowest BCUT2D eigenvalue weighted by atomic mass is 10.3. The second-order valence-electron chi connectivity index (χ2n) is 3.55. The fourth-order valence-corrected chi connectivity index (χ4v) is 2.22. The average molecular weight is 264 g/mol. The maximum atomic E-state index is 10.4. The number of hydrogen-bond donors (Lipinski definition) is 1. The van der Waals surface area contributed by atoms with Crippen LogP contribution in [0.25, 0.3) is 5.69 Å². The van der Waals surface area contributed by atoms with E-state index >= 15 is 0 Å². The summed E-state index contributed by atoms with van der Waals surface area (Å²) in [6.07, 6.45) is 0.765. The lowest BCUT2D eigenvalue weighted by Crippen LogP contribution is -2.00. The Morgan fingerprint density at radius 3 is 2.83 bits per heavy atom. The van der Waals surface area contributed by atoms with Crippen molar-refractivity contribution < 1.29 is 9.90 Å². The monoisotopic (exact) mass is 264 g/mol. The lowest BCUT2D eigenvalue weighted by molar-refractivity contribution is -0.137. The van der Waals surface area contributed by atoms with E-state index in [-0.39, 0.29) is 6.42 Å². The molecule has 0 aliphatic rings. The molecule has 0 atom stereocenters. The summed E-state index contributed by atoms with van der Waals surface area (Å²) < 4.78 is 1.64. The molecular weight excluding hydrogens is 252 g/mol. The zero-order valence-electron chi connectivity index (χ0n) is 9.56. The van der Waals surface area contributed by atoms with Crippen LogP contribution in [0.2, 0.25) is 0 Å². The minimum absolute atomic E-state index is 0.167. The first-order valence-corrected chi connectivity index (χ1v) is 6.44. The molecule has 0 fully saturated rings. The smallest absolute Gasteiger partial charge is 0.303 e. The van der Waals surface area contributed by atoms with Gasteiger partial charge in [-0.1, -0.05) is 30.0 Å². The van der Waals surface area contributed by atoms with Crippen molar-refractivity contribution in [2.24, 2.45) is 0 Å². The van der Waals surface area contributed by atoms with Crippen LogP contribution in [-0.4, -0.2) is 37.0 Å². The molecule has 1 aromatic carbocycles. The van der Waals surface area contributed by atoms with Gasteiger partial charge in [-0.3, -0.25) is 4.79 Å².